The van der Waals surface area contributed by atoms with Crippen molar-refractivity contribution in [3.8, 4) is 0 Å². The highest BCUT2D eigenvalue weighted by Crippen LogP contribution is 2.41. The number of rotatable bonds is 1. The summed E-state index contributed by atoms with van der Waals surface area (Å²) >= 11 is 6.96. The SMILES string of the molecule is Brc1cc(Br)cc(C2CC2)c1. The molecule has 1 fully saturated rings. The van der Waals surface area contributed by atoms with Crippen molar-refractivity contribution in [3.63, 3.8) is 0 Å². The second kappa shape index (κ2) is 2.91. The van der Waals surface area contributed by atoms with E-state index in [2.05, 4.69) is 50.1 Å². The van der Waals surface area contributed by atoms with Gasteiger partial charge in [-0.2, -0.15) is 0 Å². The summed E-state index contributed by atoms with van der Waals surface area (Å²) in [5.74, 6) is 0.837. The molecule has 0 spiro atoms. The fourth-order valence-electron chi connectivity index (χ4n) is 1.23. The zero-order valence-electron chi connectivity index (χ0n) is 5.98. The van der Waals surface area contributed by atoms with Gasteiger partial charge in [0.1, 0.15) is 0 Å². The van der Waals surface area contributed by atoms with Crippen LogP contribution < -0.4 is 0 Å². The van der Waals surface area contributed by atoms with Gasteiger partial charge in [0.15, 0.2) is 0 Å². The molecule has 0 bridgehead atoms. The first-order valence-electron chi connectivity index (χ1n) is 3.72. The van der Waals surface area contributed by atoms with Gasteiger partial charge in [0, 0.05) is 8.95 Å². The van der Waals surface area contributed by atoms with Crippen LogP contribution in [0.15, 0.2) is 27.1 Å². The number of hydrogen-bond acceptors (Lipinski definition) is 0. The topological polar surface area (TPSA) is 0 Å². The third-order valence-corrected chi connectivity index (χ3v) is 2.85. The second-order valence-corrected chi connectivity index (χ2v) is 4.81. The van der Waals surface area contributed by atoms with Gasteiger partial charge in [-0.3, -0.25) is 0 Å². The first-order valence-corrected chi connectivity index (χ1v) is 5.30. The lowest BCUT2D eigenvalue weighted by Gasteiger charge is -1.99. The Hall–Kier alpha value is 0.180. The van der Waals surface area contributed by atoms with Gasteiger partial charge in [0.2, 0.25) is 0 Å². The number of halogens is 2. The predicted octanol–water partition coefficient (Wildman–Crippen LogP) is 4.09. The van der Waals surface area contributed by atoms with Gasteiger partial charge in [0.25, 0.3) is 0 Å². The fourth-order valence-corrected chi connectivity index (χ4v) is 2.56. The van der Waals surface area contributed by atoms with E-state index in [9.17, 15) is 0 Å². The molecule has 2 heteroatoms. The summed E-state index contributed by atoms with van der Waals surface area (Å²) < 4.78 is 2.35. The molecule has 0 atom stereocenters. The summed E-state index contributed by atoms with van der Waals surface area (Å²) in [7, 11) is 0. The average Bonchev–Trinajstić information content (AvgIpc) is 2.64. The van der Waals surface area contributed by atoms with Crippen LogP contribution in [-0.4, -0.2) is 0 Å². The normalized spacial score (nSPS) is 16.9. The molecule has 0 nitrogen and oxygen atoms in total. The Kier molecular flexibility index (Phi) is 2.06. The standard InChI is InChI=1S/C9H8Br2/c10-8-3-7(6-1-2-6)4-9(11)5-8/h3-6H,1-2H2. The van der Waals surface area contributed by atoms with E-state index in [0.717, 1.165) is 5.92 Å². The van der Waals surface area contributed by atoms with E-state index >= 15 is 0 Å². The van der Waals surface area contributed by atoms with E-state index < -0.39 is 0 Å². The maximum atomic E-state index is 3.48. The maximum absolute atomic E-state index is 3.48. The minimum absolute atomic E-state index is 0.837. The monoisotopic (exact) mass is 274 g/mol. The zero-order valence-corrected chi connectivity index (χ0v) is 9.15. The number of benzene rings is 1. The van der Waals surface area contributed by atoms with Gasteiger partial charge >= 0.3 is 0 Å². The average molecular weight is 276 g/mol. The molecule has 0 unspecified atom stereocenters. The van der Waals surface area contributed by atoms with Crippen LogP contribution in [0.25, 0.3) is 0 Å². The zero-order chi connectivity index (χ0) is 7.84. The Labute approximate surface area is 83.3 Å². The molecule has 0 saturated heterocycles. The molecule has 0 amide bonds. The predicted molar refractivity (Wildman–Crippen MR) is 53.8 cm³/mol. The summed E-state index contributed by atoms with van der Waals surface area (Å²) in [6, 6.07) is 6.50. The van der Waals surface area contributed by atoms with E-state index in [1.165, 1.54) is 27.4 Å². The van der Waals surface area contributed by atoms with Crippen LogP contribution in [0.4, 0.5) is 0 Å². The molecule has 11 heavy (non-hydrogen) atoms. The molecule has 0 aliphatic heterocycles. The summed E-state index contributed by atoms with van der Waals surface area (Å²) in [6.07, 6.45) is 2.73. The van der Waals surface area contributed by atoms with Gasteiger partial charge < -0.3 is 0 Å². The van der Waals surface area contributed by atoms with E-state index in [1.807, 2.05) is 0 Å². The third kappa shape index (κ3) is 1.85. The molecule has 0 aromatic heterocycles. The molecule has 0 radical (unpaired) electrons. The lowest BCUT2D eigenvalue weighted by atomic mass is 10.1. The molecular weight excluding hydrogens is 268 g/mol. The Morgan fingerprint density at radius 3 is 2.00 bits per heavy atom. The van der Waals surface area contributed by atoms with Gasteiger partial charge in [-0.25, -0.2) is 0 Å². The third-order valence-electron chi connectivity index (χ3n) is 1.93. The molecule has 1 aromatic rings. The van der Waals surface area contributed by atoms with Crippen molar-refractivity contribution in [2.45, 2.75) is 18.8 Å². The largest absolute Gasteiger partial charge is 0.0508 e. The smallest absolute Gasteiger partial charge is 0.0189 e. The maximum Gasteiger partial charge on any atom is 0.0189 e. The van der Waals surface area contributed by atoms with Gasteiger partial charge in [-0.05, 0) is 42.5 Å². The van der Waals surface area contributed by atoms with Crippen molar-refractivity contribution < 1.29 is 0 Å². The van der Waals surface area contributed by atoms with E-state index in [4.69, 9.17) is 0 Å². The van der Waals surface area contributed by atoms with Gasteiger partial charge in [-0.15, -0.1) is 0 Å². The van der Waals surface area contributed by atoms with Crippen molar-refractivity contribution >= 4 is 31.9 Å². The fraction of sp³-hybridized carbons (Fsp3) is 0.333. The molecule has 58 valence electrons. The van der Waals surface area contributed by atoms with Crippen LogP contribution in [-0.2, 0) is 0 Å². The molecular formula is C9H8Br2. The van der Waals surface area contributed by atoms with Crippen LogP contribution in [0.3, 0.4) is 0 Å². The summed E-state index contributed by atoms with van der Waals surface area (Å²) in [4.78, 5) is 0. The Morgan fingerprint density at radius 2 is 1.55 bits per heavy atom. The van der Waals surface area contributed by atoms with Gasteiger partial charge in [0.05, 0.1) is 0 Å². The van der Waals surface area contributed by atoms with Crippen molar-refractivity contribution in [1.29, 1.82) is 0 Å². The van der Waals surface area contributed by atoms with E-state index in [1.54, 1.807) is 0 Å². The quantitative estimate of drug-likeness (QED) is 0.724. The second-order valence-electron chi connectivity index (χ2n) is 2.98. The molecule has 1 aliphatic rings. The number of hydrogen-bond donors (Lipinski definition) is 0. The van der Waals surface area contributed by atoms with Crippen LogP contribution in [0.2, 0.25) is 0 Å². The van der Waals surface area contributed by atoms with Crippen LogP contribution in [0.5, 0.6) is 0 Å². The molecule has 0 heterocycles. The Morgan fingerprint density at radius 1 is 1.00 bits per heavy atom. The summed E-state index contributed by atoms with van der Waals surface area (Å²) in [5.41, 5.74) is 1.46. The highest BCUT2D eigenvalue weighted by Gasteiger charge is 2.23. The van der Waals surface area contributed by atoms with Crippen molar-refractivity contribution in [3.05, 3.63) is 32.7 Å². The highest BCUT2D eigenvalue weighted by atomic mass is 79.9. The minimum atomic E-state index is 0.837. The lowest BCUT2D eigenvalue weighted by Crippen LogP contribution is -1.78. The molecule has 1 aromatic carbocycles. The van der Waals surface area contributed by atoms with Gasteiger partial charge in [-0.1, -0.05) is 31.9 Å². The van der Waals surface area contributed by atoms with Crippen LogP contribution >= 0.6 is 31.9 Å². The molecule has 2 rings (SSSR count). The Bertz CT molecular complexity index is 257. The van der Waals surface area contributed by atoms with Crippen molar-refractivity contribution in [2.24, 2.45) is 0 Å². The van der Waals surface area contributed by atoms with E-state index in [0.29, 0.717) is 0 Å². The molecule has 0 N–H and O–H groups in total. The molecule has 1 aliphatic carbocycles. The molecule has 1 saturated carbocycles. The van der Waals surface area contributed by atoms with E-state index in [-0.39, 0.29) is 0 Å². The highest BCUT2D eigenvalue weighted by molar-refractivity contribution is 9.11. The summed E-state index contributed by atoms with van der Waals surface area (Å²) in [5, 5.41) is 0. The minimum Gasteiger partial charge on any atom is -0.0508 e. The first-order chi connectivity index (χ1) is 5.25. The summed E-state index contributed by atoms with van der Waals surface area (Å²) in [6.45, 7) is 0. The van der Waals surface area contributed by atoms with Crippen molar-refractivity contribution in [1.82, 2.24) is 0 Å². The van der Waals surface area contributed by atoms with Crippen LogP contribution in [0, 0.1) is 0 Å². The first kappa shape index (κ1) is 7.81. The lowest BCUT2D eigenvalue weighted by molar-refractivity contribution is 1.12. The van der Waals surface area contributed by atoms with Crippen molar-refractivity contribution in [2.75, 3.05) is 0 Å². The Balaban J connectivity index is 2.39. The van der Waals surface area contributed by atoms with Crippen LogP contribution in [0.1, 0.15) is 24.3 Å².